The highest BCUT2D eigenvalue weighted by atomic mass is 35.5. The quantitative estimate of drug-likeness (QED) is 0.0842. The summed E-state index contributed by atoms with van der Waals surface area (Å²) in [6.45, 7) is 1.91. The Hall–Kier alpha value is -2.97. The molecule has 0 radical (unpaired) electrons. The van der Waals surface area contributed by atoms with Crippen LogP contribution in [-0.4, -0.2) is 45.7 Å². The van der Waals surface area contributed by atoms with Gasteiger partial charge in [0.15, 0.2) is 4.33 Å². The summed E-state index contributed by atoms with van der Waals surface area (Å²) in [6, 6.07) is 18.3. The van der Waals surface area contributed by atoms with Crippen LogP contribution in [0, 0.1) is 11.3 Å². The van der Waals surface area contributed by atoms with E-state index in [1.165, 1.54) is 6.92 Å². The van der Waals surface area contributed by atoms with Gasteiger partial charge in [0, 0.05) is 11.5 Å². The number of azide groups is 1. The monoisotopic (exact) mass is 559 g/mol. The van der Waals surface area contributed by atoms with Gasteiger partial charge in [0.1, 0.15) is 6.61 Å². The lowest BCUT2D eigenvalue weighted by atomic mass is 9.94. The first-order valence-electron chi connectivity index (χ1n) is 12.6. The van der Waals surface area contributed by atoms with Crippen LogP contribution in [-0.2, 0) is 27.4 Å². The first kappa shape index (κ1) is 28.0. The zero-order valence-electron chi connectivity index (χ0n) is 21.1. The molecule has 1 N–H and O–H groups in total. The van der Waals surface area contributed by atoms with Crippen LogP contribution >= 0.6 is 23.2 Å². The molecule has 0 aromatic heterocycles. The molecule has 2 aromatic rings. The molecule has 1 aliphatic heterocycles. The molecule has 1 heterocycles. The van der Waals surface area contributed by atoms with Gasteiger partial charge in [-0.15, -0.1) is 0 Å². The maximum absolute atomic E-state index is 13.6. The first-order valence-corrected chi connectivity index (χ1v) is 13.4. The summed E-state index contributed by atoms with van der Waals surface area (Å²) in [7, 11) is 0. The van der Waals surface area contributed by atoms with Crippen molar-refractivity contribution >= 4 is 35.2 Å². The highest BCUT2D eigenvalue weighted by molar-refractivity contribution is 6.57. The van der Waals surface area contributed by atoms with Gasteiger partial charge < -0.3 is 14.2 Å². The molecule has 9 nitrogen and oxygen atoms in total. The average molecular weight is 560 g/mol. The maximum atomic E-state index is 13.6. The van der Waals surface area contributed by atoms with E-state index in [0.717, 1.165) is 24.0 Å². The van der Waals surface area contributed by atoms with Gasteiger partial charge >= 0.3 is 6.09 Å². The normalized spacial score (nSPS) is 22.0. The molecule has 11 heteroatoms. The molecule has 2 aliphatic rings. The standard InChI is InChI=1S/C27H31Cl2N5O4/c1-27(28,29)25(30)38-24-21(32-33-31)14-15-22(37-24)23(20-12-13-20)34(16-18-8-4-2-5-9-18)26(35)36-17-19-10-6-3-7-11-19/h2-11,20-24,30H,12-17H2,1H3/t21?,22-,23+,24?/m0/s1. The van der Waals surface area contributed by atoms with Crippen LogP contribution in [0.15, 0.2) is 65.8 Å². The van der Waals surface area contributed by atoms with Gasteiger partial charge in [-0.05, 0) is 55.2 Å². The number of carbonyl (C=O) groups is 1. The molecule has 4 atom stereocenters. The van der Waals surface area contributed by atoms with Crippen LogP contribution in [0.25, 0.3) is 10.4 Å². The Morgan fingerprint density at radius 3 is 2.34 bits per heavy atom. The van der Waals surface area contributed by atoms with Crippen molar-refractivity contribution in [2.75, 3.05) is 0 Å². The number of benzene rings is 2. The summed E-state index contributed by atoms with van der Waals surface area (Å²) in [6.07, 6.45) is 0.956. The Morgan fingerprint density at radius 2 is 1.76 bits per heavy atom. The van der Waals surface area contributed by atoms with E-state index in [1.807, 2.05) is 60.7 Å². The molecule has 1 amide bonds. The average Bonchev–Trinajstić information content (AvgIpc) is 3.74. The smallest absolute Gasteiger partial charge is 0.410 e. The van der Waals surface area contributed by atoms with Crippen LogP contribution in [0.4, 0.5) is 4.79 Å². The number of nitrogens with one attached hydrogen (secondary N) is 1. The number of ether oxygens (including phenoxy) is 3. The maximum Gasteiger partial charge on any atom is 0.410 e. The molecule has 2 unspecified atom stereocenters. The Bertz CT molecular complexity index is 1140. The minimum absolute atomic E-state index is 0.153. The number of nitrogens with zero attached hydrogens (tertiary/aromatic N) is 4. The Kier molecular flexibility index (Phi) is 9.39. The van der Waals surface area contributed by atoms with E-state index in [2.05, 4.69) is 10.0 Å². The zero-order valence-corrected chi connectivity index (χ0v) is 22.6. The van der Waals surface area contributed by atoms with E-state index in [9.17, 15) is 4.79 Å². The summed E-state index contributed by atoms with van der Waals surface area (Å²) < 4.78 is 16.2. The number of alkyl halides is 2. The van der Waals surface area contributed by atoms with E-state index in [4.69, 9.17) is 48.4 Å². The van der Waals surface area contributed by atoms with Gasteiger partial charge in [-0.1, -0.05) is 89.0 Å². The minimum Gasteiger partial charge on any atom is -0.449 e. The largest absolute Gasteiger partial charge is 0.449 e. The van der Waals surface area contributed by atoms with E-state index in [1.54, 1.807) is 4.90 Å². The van der Waals surface area contributed by atoms with Crippen molar-refractivity contribution < 1.29 is 19.0 Å². The lowest BCUT2D eigenvalue weighted by Crippen LogP contribution is -2.54. The van der Waals surface area contributed by atoms with E-state index < -0.39 is 34.8 Å². The molecule has 0 bridgehead atoms. The van der Waals surface area contributed by atoms with Gasteiger partial charge in [0.05, 0.1) is 18.2 Å². The molecule has 1 aliphatic carbocycles. The van der Waals surface area contributed by atoms with Crippen LogP contribution in [0.1, 0.15) is 43.7 Å². The summed E-state index contributed by atoms with van der Waals surface area (Å²) >= 11 is 12.1. The van der Waals surface area contributed by atoms with Crippen LogP contribution in [0.2, 0.25) is 0 Å². The molecular weight excluding hydrogens is 529 g/mol. The number of hydrogen-bond donors (Lipinski definition) is 1. The second-order valence-electron chi connectivity index (χ2n) is 9.71. The Morgan fingerprint density at radius 1 is 1.13 bits per heavy atom. The third kappa shape index (κ3) is 7.54. The molecule has 4 rings (SSSR count). The Labute approximate surface area is 232 Å². The lowest BCUT2D eigenvalue weighted by molar-refractivity contribution is -0.184. The topological polar surface area (TPSA) is 121 Å². The van der Waals surface area contributed by atoms with Crippen LogP contribution in [0.3, 0.4) is 0 Å². The lowest BCUT2D eigenvalue weighted by Gasteiger charge is -2.42. The van der Waals surface area contributed by atoms with E-state index in [0.29, 0.717) is 19.4 Å². The molecule has 1 saturated heterocycles. The highest BCUT2D eigenvalue weighted by Crippen LogP contribution is 2.42. The second kappa shape index (κ2) is 12.7. The van der Waals surface area contributed by atoms with Gasteiger partial charge in [-0.3, -0.25) is 10.3 Å². The van der Waals surface area contributed by atoms with E-state index in [-0.39, 0.29) is 18.6 Å². The summed E-state index contributed by atoms with van der Waals surface area (Å²) in [5, 5.41) is 11.9. The summed E-state index contributed by atoms with van der Waals surface area (Å²) in [5.74, 6) is -0.188. The predicted molar refractivity (Wildman–Crippen MR) is 145 cm³/mol. The van der Waals surface area contributed by atoms with E-state index >= 15 is 0 Å². The number of halogens is 2. The third-order valence-electron chi connectivity index (χ3n) is 6.68. The second-order valence-corrected chi connectivity index (χ2v) is 11.4. The zero-order chi connectivity index (χ0) is 27.1. The van der Waals surface area contributed by atoms with Crippen molar-refractivity contribution in [2.45, 2.75) is 74.6 Å². The third-order valence-corrected chi connectivity index (χ3v) is 7.03. The molecule has 2 aromatic carbocycles. The number of rotatable bonds is 10. The highest BCUT2D eigenvalue weighted by Gasteiger charge is 2.47. The first-order chi connectivity index (χ1) is 18.3. The van der Waals surface area contributed by atoms with Gasteiger partial charge in [-0.25, -0.2) is 4.79 Å². The fourth-order valence-electron chi connectivity index (χ4n) is 4.63. The van der Waals surface area contributed by atoms with Crippen LogP contribution in [0.5, 0.6) is 0 Å². The van der Waals surface area contributed by atoms with Crippen molar-refractivity contribution in [3.63, 3.8) is 0 Å². The molecule has 1 saturated carbocycles. The van der Waals surface area contributed by atoms with Gasteiger partial charge in [-0.2, -0.15) is 0 Å². The molecule has 202 valence electrons. The van der Waals surface area contributed by atoms with Gasteiger partial charge in [0.25, 0.3) is 0 Å². The van der Waals surface area contributed by atoms with Gasteiger partial charge in [0.2, 0.25) is 12.2 Å². The van der Waals surface area contributed by atoms with Crippen molar-refractivity contribution in [2.24, 2.45) is 11.0 Å². The van der Waals surface area contributed by atoms with Crippen LogP contribution < -0.4 is 0 Å². The van der Waals surface area contributed by atoms with Crippen molar-refractivity contribution in [1.82, 2.24) is 4.90 Å². The fraction of sp³-hybridized carbons (Fsp3) is 0.481. The summed E-state index contributed by atoms with van der Waals surface area (Å²) in [4.78, 5) is 18.2. The number of carbonyl (C=O) groups excluding carboxylic acids is 1. The molecule has 0 spiro atoms. The van der Waals surface area contributed by atoms with Crippen molar-refractivity contribution in [3.8, 4) is 0 Å². The van der Waals surface area contributed by atoms with Crippen molar-refractivity contribution in [3.05, 3.63) is 82.2 Å². The predicted octanol–water partition coefficient (Wildman–Crippen LogP) is 6.98. The molecule has 38 heavy (non-hydrogen) atoms. The number of hydrogen-bond acceptors (Lipinski definition) is 6. The van der Waals surface area contributed by atoms with Crippen molar-refractivity contribution in [1.29, 1.82) is 5.41 Å². The molecule has 2 fully saturated rings. The SMILES string of the molecule is CC(Cl)(Cl)C(=N)OC1O[C@H]([C@@H](C2CC2)N(Cc2ccccc2)C(=O)OCc2ccccc2)CCC1N=[N+]=[N-]. The summed E-state index contributed by atoms with van der Waals surface area (Å²) in [5.41, 5.74) is 10.9. The Balaban J connectivity index is 1.57. The number of amides is 1. The fourth-order valence-corrected chi connectivity index (χ4v) is 4.72. The molecular formula is C27H31Cl2N5O4. The minimum atomic E-state index is -1.58.